The summed E-state index contributed by atoms with van der Waals surface area (Å²) in [6, 6.07) is 11.1. The van der Waals surface area contributed by atoms with Crippen molar-refractivity contribution in [3.05, 3.63) is 59.2 Å². The molecule has 0 bridgehead atoms. The highest BCUT2D eigenvalue weighted by molar-refractivity contribution is 5.68. The van der Waals surface area contributed by atoms with Gasteiger partial charge in [0.1, 0.15) is 0 Å². The van der Waals surface area contributed by atoms with Crippen LogP contribution in [0.4, 0.5) is 13.2 Å². The van der Waals surface area contributed by atoms with Gasteiger partial charge in [-0.15, -0.1) is 0 Å². The molecule has 21 heavy (non-hydrogen) atoms. The molecule has 0 saturated carbocycles. The van der Waals surface area contributed by atoms with Gasteiger partial charge in [0.25, 0.3) is 0 Å². The fourth-order valence-electron chi connectivity index (χ4n) is 2.25. The molecule has 1 N–H and O–H groups in total. The van der Waals surface area contributed by atoms with E-state index in [4.69, 9.17) is 0 Å². The molecule has 0 atom stereocenters. The molecule has 0 amide bonds. The summed E-state index contributed by atoms with van der Waals surface area (Å²) in [7, 11) is 0. The van der Waals surface area contributed by atoms with Crippen molar-refractivity contribution in [1.29, 1.82) is 0 Å². The van der Waals surface area contributed by atoms with E-state index in [1.807, 2.05) is 24.3 Å². The second-order valence-electron chi connectivity index (χ2n) is 5.31. The molecule has 0 spiro atoms. The predicted octanol–water partition coefficient (Wildman–Crippen LogP) is 4.99. The van der Waals surface area contributed by atoms with Crippen LogP contribution in [-0.4, -0.2) is 5.11 Å². The molecular formula is C17H17F3O. The average molecular weight is 294 g/mol. The van der Waals surface area contributed by atoms with E-state index in [1.54, 1.807) is 0 Å². The number of rotatable bonds is 3. The van der Waals surface area contributed by atoms with Crippen LogP contribution in [0.2, 0.25) is 0 Å². The second-order valence-corrected chi connectivity index (χ2v) is 5.31. The Labute approximate surface area is 122 Å². The molecule has 2 rings (SSSR count). The van der Waals surface area contributed by atoms with Gasteiger partial charge in [0.2, 0.25) is 0 Å². The van der Waals surface area contributed by atoms with Gasteiger partial charge in [-0.05, 0) is 40.3 Å². The number of alkyl halides is 3. The Morgan fingerprint density at radius 2 is 1.76 bits per heavy atom. The van der Waals surface area contributed by atoms with Gasteiger partial charge in [-0.1, -0.05) is 44.2 Å². The van der Waals surface area contributed by atoms with Crippen LogP contribution in [0.3, 0.4) is 0 Å². The van der Waals surface area contributed by atoms with Gasteiger partial charge in [0.15, 0.2) is 0 Å². The molecule has 1 nitrogen and oxygen atoms in total. The fraction of sp³-hybridized carbons (Fsp3) is 0.294. The van der Waals surface area contributed by atoms with E-state index < -0.39 is 18.3 Å². The number of aliphatic hydroxyl groups excluding tert-OH is 1. The van der Waals surface area contributed by atoms with Crippen LogP contribution in [0.15, 0.2) is 42.5 Å². The Bertz CT molecular complexity index is 630. The molecule has 0 saturated heterocycles. The zero-order chi connectivity index (χ0) is 15.6. The second kappa shape index (κ2) is 5.90. The SMILES string of the molecule is CC(C)c1cccc(-c2ccc(C(F)(F)F)cc2CO)c1. The van der Waals surface area contributed by atoms with Crippen molar-refractivity contribution in [3.63, 3.8) is 0 Å². The Kier molecular flexibility index (Phi) is 4.37. The van der Waals surface area contributed by atoms with Crippen LogP contribution in [0.1, 0.15) is 36.5 Å². The minimum absolute atomic E-state index is 0.283. The molecular weight excluding hydrogens is 277 g/mol. The Morgan fingerprint density at radius 3 is 2.33 bits per heavy atom. The lowest BCUT2D eigenvalue weighted by molar-refractivity contribution is -0.137. The van der Waals surface area contributed by atoms with Crippen LogP contribution in [0.25, 0.3) is 11.1 Å². The van der Waals surface area contributed by atoms with E-state index in [-0.39, 0.29) is 5.56 Å². The van der Waals surface area contributed by atoms with Gasteiger partial charge in [0, 0.05) is 0 Å². The smallest absolute Gasteiger partial charge is 0.392 e. The summed E-state index contributed by atoms with van der Waals surface area (Å²) in [6.07, 6.45) is -4.40. The van der Waals surface area contributed by atoms with E-state index in [0.717, 1.165) is 23.3 Å². The van der Waals surface area contributed by atoms with E-state index in [1.165, 1.54) is 6.07 Å². The summed E-state index contributed by atoms with van der Waals surface area (Å²) in [6.45, 7) is 3.68. The predicted molar refractivity (Wildman–Crippen MR) is 76.9 cm³/mol. The highest BCUT2D eigenvalue weighted by atomic mass is 19.4. The normalized spacial score (nSPS) is 12.0. The van der Waals surface area contributed by atoms with E-state index in [9.17, 15) is 18.3 Å². The van der Waals surface area contributed by atoms with Gasteiger partial charge >= 0.3 is 6.18 Å². The van der Waals surface area contributed by atoms with Gasteiger partial charge < -0.3 is 5.11 Å². The maximum atomic E-state index is 12.7. The quantitative estimate of drug-likeness (QED) is 0.845. The van der Waals surface area contributed by atoms with Gasteiger partial charge in [0.05, 0.1) is 12.2 Å². The zero-order valence-electron chi connectivity index (χ0n) is 11.9. The van der Waals surface area contributed by atoms with Gasteiger partial charge in [-0.2, -0.15) is 13.2 Å². The highest BCUT2D eigenvalue weighted by Crippen LogP contribution is 2.34. The van der Waals surface area contributed by atoms with E-state index in [2.05, 4.69) is 13.8 Å². The maximum Gasteiger partial charge on any atom is 0.416 e. The molecule has 0 radical (unpaired) electrons. The Morgan fingerprint density at radius 1 is 1.05 bits per heavy atom. The Hall–Kier alpha value is -1.81. The summed E-state index contributed by atoms with van der Waals surface area (Å²) in [5.74, 6) is 0.331. The molecule has 0 fully saturated rings. The van der Waals surface area contributed by atoms with Crippen molar-refractivity contribution in [3.8, 4) is 11.1 Å². The van der Waals surface area contributed by atoms with Crippen molar-refractivity contribution in [2.45, 2.75) is 32.5 Å². The molecule has 0 heterocycles. The molecule has 0 aliphatic heterocycles. The molecule has 112 valence electrons. The van der Waals surface area contributed by atoms with E-state index in [0.29, 0.717) is 11.5 Å². The summed E-state index contributed by atoms with van der Waals surface area (Å²) in [5, 5.41) is 9.38. The van der Waals surface area contributed by atoms with Crippen molar-refractivity contribution in [1.82, 2.24) is 0 Å². The van der Waals surface area contributed by atoms with Crippen molar-refractivity contribution >= 4 is 0 Å². The van der Waals surface area contributed by atoms with Crippen molar-refractivity contribution < 1.29 is 18.3 Å². The number of hydrogen-bond acceptors (Lipinski definition) is 1. The number of benzene rings is 2. The molecule has 0 aromatic heterocycles. The topological polar surface area (TPSA) is 20.2 Å². The van der Waals surface area contributed by atoms with Crippen molar-refractivity contribution in [2.75, 3.05) is 0 Å². The van der Waals surface area contributed by atoms with Gasteiger partial charge in [-0.3, -0.25) is 0 Å². The minimum atomic E-state index is -4.40. The van der Waals surface area contributed by atoms with Crippen molar-refractivity contribution in [2.24, 2.45) is 0 Å². The van der Waals surface area contributed by atoms with Crippen LogP contribution in [-0.2, 0) is 12.8 Å². The average Bonchev–Trinajstić information content (AvgIpc) is 2.45. The van der Waals surface area contributed by atoms with Crippen LogP contribution in [0, 0.1) is 0 Å². The third-order valence-electron chi connectivity index (χ3n) is 3.47. The molecule has 2 aromatic carbocycles. The van der Waals surface area contributed by atoms with Crippen LogP contribution in [0.5, 0.6) is 0 Å². The lowest BCUT2D eigenvalue weighted by Gasteiger charge is -2.14. The summed E-state index contributed by atoms with van der Waals surface area (Å²) in [4.78, 5) is 0. The molecule has 0 aliphatic carbocycles. The van der Waals surface area contributed by atoms with E-state index >= 15 is 0 Å². The standard InChI is InChI=1S/C17H17F3O/c1-11(2)12-4-3-5-13(8-12)16-7-6-15(17(18,19)20)9-14(16)10-21/h3-9,11,21H,10H2,1-2H3. The molecule has 4 heteroatoms. The highest BCUT2D eigenvalue weighted by Gasteiger charge is 2.31. The zero-order valence-corrected chi connectivity index (χ0v) is 11.9. The summed E-state index contributed by atoms with van der Waals surface area (Å²) < 4.78 is 38.2. The lowest BCUT2D eigenvalue weighted by atomic mass is 9.94. The number of halogens is 3. The summed E-state index contributed by atoms with van der Waals surface area (Å²) >= 11 is 0. The molecule has 0 aliphatic rings. The van der Waals surface area contributed by atoms with Crippen LogP contribution >= 0.6 is 0 Å². The minimum Gasteiger partial charge on any atom is -0.392 e. The maximum absolute atomic E-state index is 12.7. The first-order valence-corrected chi connectivity index (χ1v) is 6.74. The molecule has 0 unspecified atom stereocenters. The third-order valence-corrected chi connectivity index (χ3v) is 3.47. The largest absolute Gasteiger partial charge is 0.416 e. The van der Waals surface area contributed by atoms with Crippen LogP contribution < -0.4 is 0 Å². The third kappa shape index (κ3) is 3.45. The fourth-order valence-corrected chi connectivity index (χ4v) is 2.25. The number of aliphatic hydroxyl groups is 1. The lowest BCUT2D eigenvalue weighted by Crippen LogP contribution is -2.06. The first kappa shape index (κ1) is 15.6. The Balaban J connectivity index is 2.51. The summed E-state index contributed by atoms with van der Waals surface area (Å²) in [5.41, 5.74) is 2.10. The first-order chi connectivity index (χ1) is 9.82. The first-order valence-electron chi connectivity index (χ1n) is 6.74. The molecule has 2 aromatic rings. The monoisotopic (exact) mass is 294 g/mol. The number of hydrogen-bond donors (Lipinski definition) is 1. The van der Waals surface area contributed by atoms with Gasteiger partial charge in [-0.25, -0.2) is 0 Å².